The number of fused-ring (bicyclic) bond motifs is 3. The second kappa shape index (κ2) is 8.44. The van der Waals surface area contributed by atoms with Crippen LogP contribution in [-0.4, -0.2) is 31.7 Å². The first-order valence-corrected chi connectivity index (χ1v) is 11.7. The number of hydrogen-bond donors (Lipinski definition) is 2. The van der Waals surface area contributed by atoms with Gasteiger partial charge < -0.3 is 14.8 Å². The summed E-state index contributed by atoms with van der Waals surface area (Å²) in [6.45, 7) is 0.132. The van der Waals surface area contributed by atoms with Crippen LogP contribution in [0.3, 0.4) is 0 Å². The summed E-state index contributed by atoms with van der Waals surface area (Å²) in [4.78, 5) is 29.1. The maximum Gasteiger partial charge on any atom is 0.416 e. The number of carbonyl (C=O) groups is 2. The molecular weight excluding hydrogens is 501 g/mol. The minimum Gasteiger partial charge on any atom is -0.478 e. The van der Waals surface area contributed by atoms with Gasteiger partial charge in [0.2, 0.25) is 0 Å². The Labute approximate surface area is 212 Å². The zero-order valence-corrected chi connectivity index (χ0v) is 19.6. The Morgan fingerprint density at radius 3 is 2.42 bits per heavy atom. The van der Waals surface area contributed by atoms with Crippen LogP contribution in [0.25, 0.3) is 22.0 Å². The Bertz CT molecular complexity index is 1700. The topological polar surface area (TPSA) is 110 Å². The number of oxazole rings is 1. The van der Waals surface area contributed by atoms with Crippen LogP contribution in [-0.2, 0) is 18.3 Å². The van der Waals surface area contributed by atoms with Crippen LogP contribution >= 0.6 is 0 Å². The van der Waals surface area contributed by atoms with Crippen LogP contribution in [0.2, 0.25) is 0 Å². The van der Waals surface area contributed by atoms with Crippen LogP contribution in [0.4, 0.5) is 13.2 Å². The molecule has 0 aliphatic heterocycles. The van der Waals surface area contributed by atoms with Crippen molar-refractivity contribution in [3.8, 4) is 0 Å². The van der Waals surface area contributed by atoms with E-state index in [0.29, 0.717) is 40.4 Å². The van der Waals surface area contributed by atoms with Gasteiger partial charge in [0, 0.05) is 0 Å². The first kappa shape index (κ1) is 23.7. The average Bonchev–Trinajstić information content (AvgIpc) is 3.30. The van der Waals surface area contributed by atoms with E-state index in [1.165, 1.54) is 30.7 Å². The van der Waals surface area contributed by atoms with E-state index >= 15 is 0 Å². The molecule has 1 saturated carbocycles. The Balaban J connectivity index is 1.36. The quantitative estimate of drug-likeness (QED) is 0.312. The molecule has 1 amide bonds. The molecule has 2 heterocycles. The van der Waals surface area contributed by atoms with E-state index < -0.39 is 23.2 Å². The molecule has 1 aliphatic carbocycles. The fourth-order valence-electron chi connectivity index (χ4n) is 4.69. The molecule has 38 heavy (non-hydrogen) atoms. The predicted octanol–water partition coefficient (Wildman–Crippen LogP) is 5.36. The van der Waals surface area contributed by atoms with Crippen molar-refractivity contribution < 1.29 is 32.3 Å². The third kappa shape index (κ3) is 4.05. The van der Waals surface area contributed by atoms with Gasteiger partial charge in [-0.05, 0) is 54.3 Å². The molecule has 0 atom stereocenters. The third-order valence-electron chi connectivity index (χ3n) is 6.87. The van der Waals surface area contributed by atoms with Gasteiger partial charge in [-0.2, -0.15) is 18.3 Å². The highest BCUT2D eigenvalue weighted by atomic mass is 19.4. The lowest BCUT2D eigenvalue weighted by Gasteiger charge is -2.19. The largest absolute Gasteiger partial charge is 0.478 e. The molecule has 8 nitrogen and oxygen atoms in total. The van der Waals surface area contributed by atoms with Gasteiger partial charge in [0.05, 0.1) is 45.9 Å². The van der Waals surface area contributed by atoms with Gasteiger partial charge in [0.25, 0.3) is 5.91 Å². The van der Waals surface area contributed by atoms with Gasteiger partial charge in [-0.1, -0.05) is 24.3 Å². The van der Waals surface area contributed by atoms with Crippen LogP contribution < -0.4 is 5.32 Å². The summed E-state index contributed by atoms with van der Waals surface area (Å²) in [5.41, 5.74) is 1.81. The number of alkyl halides is 3. The van der Waals surface area contributed by atoms with Crippen LogP contribution in [0.1, 0.15) is 50.2 Å². The van der Waals surface area contributed by atoms with Crippen molar-refractivity contribution in [2.75, 3.05) is 0 Å². The van der Waals surface area contributed by atoms with Gasteiger partial charge in [-0.15, -0.1) is 0 Å². The third-order valence-corrected chi connectivity index (χ3v) is 6.87. The Hall–Kier alpha value is -4.67. The van der Waals surface area contributed by atoms with E-state index in [0.717, 1.165) is 17.7 Å². The predicted molar refractivity (Wildman–Crippen MR) is 130 cm³/mol. The van der Waals surface area contributed by atoms with Crippen LogP contribution in [0, 0.1) is 0 Å². The zero-order valence-electron chi connectivity index (χ0n) is 19.6. The SMILES string of the molecule is O=C(O)c1ccc(C2(NC(=O)c3cc4ocnc4c4cnn(Cc5ccc(C(F)(F)F)cc5)c34)CC2)cc1. The van der Waals surface area contributed by atoms with Gasteiger partial charge >= 0.3 is 12.1 Å². The maximum absolute atomic E-state index is 13.7. The monoisotopic (exact) mass is 520 g/mol. The van der Waals surface area contributed by atoms with Crippen LogP contribution in [0.5, 0.6) is 0 Å². The molecular formula is C27H19F3N4O4. The van der Waals surface area contributed by atoms with Crippen molar-refractivity contribution in [2.45, 2.75) is 31.1 Å². The highest BCUT2D eigenvalue weighted by Gasteiger charge is 2.46. The molecule has 11 heteroatoms. The van der Waals surface area contributed by atoms with E-state index in [1.54, 1.807) is 29.1 Å². The number of hydrogen-bond acceptors (Lipinski definition) is 5. The molecule has 5 aromatic rings. The fourth-order valence-corrected chi connectivity index (χ4v) is 4.69. The smallest absolute Gasteiger partial charge is 0.416 e. The number of carbonyl (C=O) groups excluding carboxylic acids is 1. The molecule has 0 saturated heterocycles. The van der Waals surface area contributed by atoms with E-state index in [2.05, 4.69) is 15.4 Å². The maximum atomic E-state index is 13.7. The van der Waals surface area contributed by atoms with Gasteiger partial charge in [0.1, 0.15) is 5.52 Å². The molecule has 0 radical (unpaired) electrons. The number of nitrogens with one attached hydrogen (secondary N) is 1. The Morgan fingerprint density at radius 1 is 1.08 bits per heavy atom. The number of amides is 1. The standard InChI is InChI=1S/C27H19F3N4O4/c28-27(29,30)18-5-1-15(2-6-18)13-34-23-19(11-21-22(31-14-38-21)20(23)12-32-34)24(35)33-26(9-10-26)17-7-3-16(4-8-17)25(36)37/h1-8,11-12,14H,9-10,13H2,(H,33,35)(H,36,37). The Morgan fingerprint density at radius 2 is 1.79 bits per heavy atom. The summed E-state index contributed by atoms with van der Waals surface area (Å²) in [7, 11) is 0. The van der Waals surface area contributed by atoms with Crippen molar-refractivity contribution in [2.24, 2.45) is 0 Å². The van der Waals surface area contributed by atoms with E-state index in [-0.39, 0.29) is 23.6 Å². The van der Waals surface area contributed by atoms with Crippen molar-refractivity contribution in [3.63, 3.8) is 0 Å². The lowest BCUT2D eigenvalue weighted by molar-refractivity contribution is -0.137. The number of benzene rings is 3. The molecule has 0 bridgehead atoms. The van der Waals surface area contributed by atoms with Crippen molar-refractivity contribution in [1.82, 2.24) is 20.1 Å². The highest BCUT2D eigenvalue weighted by Crippen LogP contribution is 2.46. The number of halogens is 3. The number of carboxylic acid groups (broad SMARTS) is 1. The van der Waals surface area contributed by atoms with Crippen molar-refractivity contribution in [3.05, 3.63) is 95.0 Å². The lowest BCUT2D eigenvalue weighted by Crippen LogP contribution is -2.35. The minimum absolute atomic E-state index is 0.132. The average molecular weight is 520 g/mol. The first-order valence-electron chi connectivity index (χ1n) is 11.7. The highest BCUT2D eigenvalue weighted by molar-refractivity contribution is 6.14. The summed E-state index contributed by atoms with van der Waals surface area (Å²) in [6, 6.07) is 12.8. The van der Waals surface area contributed by atoms with Gasteiger partial charge in [-0.3, -0.25) is 9.48 Å². The number of aromatic nitrogens is 3. The number of aromatic carboxylic acids is 1. The van der Waals surface area contributed by atoms with E-state index in [9.17, 15) is 27.9 Å². The summed E-state index contributed by atoms with van der Waals surface area (Å²) in [5.74, 6) is -1.42. The summed E-state index contributed by atoms with van der Waals surface area (Å²) in [6.07, 6.45) is -0.245. The lowest BCUT2D eigenvalue weighted by atomic mass is 10.0. The van der Waals surface area contributed by atoms with E-state index in [4.69, 9.17) is 4.42 Å². The molecule has 0 unspecified atom stereocenters. The number of rotatable bonds is 6. The van der Waals surface area contributed by atoms with Gasteiger partial charge in [-0.25, -0.2) is 9.78 Å². The summed E-state index contributed by atoms with van der Waals surface area (Å²) >= 11 is 0. The molecule has 2 aromatic heterocycles. The van der Waals surface area contributed by atoms with Gasteiger partial charge in [0.15, 0.2) is 12.0 Å². The first-order chi connectivity index (χ1) is 18.1. The Kier molecular flexibility index (Phi) is 5.26. The summed E-state index contributed by atoms with van der Waals surface area (Å²) in [5, 5.41) is 17.2. The number of nitrogens with zero attached hydrogens (tertiary/aromatic N) is 3. The van der Waals surface area contributed by atoms with E-state index in [1.807, 2.05) is 0 Å². The molecule has 6 rings (SSSR count). The van der Waals surface area contributed by atoms with Crippen molar-refractivity contribution in [1.29, 1.82) is 0 Å². The van der Waals surface area contributed by atoms with Crippen molar-refractivity contribution >= 4 is 33.9 Å². The summed E-state index contributed by atoms with van der Waals surface area (Å²) < 4.78 is 46.0. The fraction of sp³-hybridized carbons (Fsp3) is 0.185. The number of carboxylic acids is 1. The minimum atomic E-state index is -4.44. The molecule has 1 fully saturated rings. The second-order valence-corrected chi connectivity index (χ2v) is 9.30. The molecule has 3 aromatic carbocycles. The molecule has 2 N–H and O–H groups in total. The molecule has 0 spiro atoms. The second-order valence-electron chi connectivity index (χ2n) is 9.30. The molecule has 1 aliphatic rings. The zero-order chi connectivity index (χ0) is 26.7. The van der Waals surface area contributed by atoms with Crippen LogP contribution in [0.15, 0.2) is 71.6 Å². The molecule has 192 valence electrons. The normalized spacial score (nSPS) is 14.6.